The van der Waals surface area contributed by atoms with Crippen LogP contribution in [0.2, 0.25) is 0 Å². The molecule has 0 aromatic carbocycles. The Kier molecular flexibility index (Phi) is 23.8. The van der Waals surface area contributed by atoms with E-state index in [1.807, 2.05) is 0 Å². The largest absolute Gasteiger partial charge is 0.366 e. The maximum atomic E-state index is 12.0. The summed E-state index contributed by atoms with van der Waals surface area (Å²) in [4.78, 5) is 24.0. The van der Waals surface area contributed by atoms with E-state index >= 15 is 0 Å². The number of rotatable bonds is 26. The van der Waals surface area contributed by atoms with Crippen molar-refractivity contribution in [1.29, 1.82) is 0 Å². The SMILES string of the molecule is CCCCCCCCCCCCC/C(C(N)=O)=C(\CCCCCCCCCCCCC)C(N)=O. The molecule has 0 aliphatic heterocycles. The summed E-state index contributed by atoms with van der Waals surface area (Å²) >= 11 is 0. The lowest BCUT2D eigenvalue weighted by Crippen LogP contribution is -2.23. The summed E-state index contributed by atoms with van der Waals surface area (Å²) in [5, 5.41) is 0. The molecule has 4 N–H and O–H groups in total. The number of nitrogens with two attached hydrogens (primary N) is 2. The number of hydrogen-bond acceptors (Lipinski definition) is 2. The number of carbonyl (C=O) groups excluding carboxylic acids is 2. The Hall–Kier alpha value is -1.32. The van der Waals surface area contributed by atoms with Gasteiger partial charge in [-0.3, -0.25) is 9.59 Å². The van der Waals surface area contributed by atoms with Crippen LogP contribution in [0, 0.1) is 0 Å². The smallest absolute Gasteiger partial charge is 0.245 e. The Morgan fingerprint density at radius 2 is 0.588 bits per heavy atom. The van der Waals surface area contributed by atoms with Gasteiger partial charge in [-0.15, -0.1) is 0 Å². The summed E-state index contributed by atoms with van der Waals surface area (Å²) in [6.45, 7) is 4.51. The highest BCUT2D eigenvalue weighted by atomic mass is 16.2. The third-order valence-corrected chi connectivity index (χ3v) is 7.02. The molecule has 0 rings (SSSR count). The Morgan fingerprint density at radius 1 is 0.382 bits per heavy atom. The molecule has 0 fully saturated rings. The predicted octanol–water partition coefficient (Wildman–Crippen LogP) is 8.66. The molecular weight excluding hydrogens is 420 g/mol. The highest BCUT2D eigenvalue weighted by molar-refractivity contribution is 6.03. The average molecular weight is 479 g/mol. The zero-order valence-electron chi connectivity index (χ0n) is 22.9. The second kappa shape index (κ2) is 24.8. The van der Waals surface area contributed by atoms with Crippen molar-refractivity contribution < 1.29 is 9.59 Å². The third kappa shape index (κ3) is 20.1. The van der Waals surface area contributed by atoms with Crippen LogP contribution < -0.4 is 11.5 Å². The van der Waals surface area contributed by atoms with Crippen molar-refractivity contribution >= 4 is 11.8 Å². The van der Waals surface area contributed by atoms with Crippen LogP contribution in [0.1, 0.15) is 168 Å². The van der Waals surface area contributed by atoms with Gasteiger partial charge < -0.3 is 11.5 Å². The van der Waals surface area contributed by atoms with Gasteiger partial charge in [-0.25, -0.2) is 0 Å². The minimum Gasteiger partial charge on any atom is -0.366 e. The normalized spacial score (nSPS) is 12.1. The molecule has 0 heterocycles. The molecule has 0 aliphatic carbocycles. The van der Waals surface area contributed by atoms with Gasteiger partial charge >= 0.3 is 0 Å². The van der Waals surface area contributed by atoms with Crippen LogP contribution in [0.4, 0.5) is 0 Å². The molecule has 0 unspecified atom stereocenters. The minimum absolute atomic E-state index is 0.469. The quantitative estimate of drug-likeness (QED) is 0.0962. The van der Waals surface area contributed by atoms with Gasteiger partial charge in [-0.1, -0.05) is 142 Å². The number of primary amides is 2. The second-order valence-corrected chi connectivity index (χ2v) is 10.3. The molecule has 4 heteroatoms. The molecular formula is C30H58N2O2. The minimum atomic E-state index is -0.469. The van der Waals surface area contributed by atoms with Gasteiger partial charge in [0.15, 0.2) is 0 Å². The molecule has 0 aromatic rings. The lowest BCUT2D eigenvalue weighted by atomic mass is 9.95. The van der Waals surface area contributed by atoms with Crippen LogP contribution in [0.3, 0.4) is 0 Å². The first-order chi connectivity index (χ1) is 16.5. The van der Waals surface area contributed by atoms with Crippen molar-refractivity contribution in [2.45, 2.75) is 168 Å². The number of amides is 2. The standard InChI is InChI=1S/C30H58N2O2/c1-3-5-7-9-11-13-15-17-19-21-23-25-27(29(31)33)28(30(32)34)26-24-22-20-18-16-14-12-10-8-6-4-2/h3-26H2,1-2H3,(H2,31,33)(H2,32,34)/b28-27-. The number of carbonyl (C=O) groups is 2. The van der Waals surface area contributed by atoms with Crippen LogP contribution in [0.25, 0.3) is 0 Å². The van der Waals surface area contributed by atoms with Crippen LogP contribution >= 0.6 is 0 Å². The fraction of sp³-hybridized carbons (Fsp3) is 0.867. The predicted molar refractivity (Wildman–Crippen MR) is 148 cm³/mol. The van der Waals surface area contributed by atoms with Crippen LogP contribution in [0.15, 0.2) is 11.1 Å². The van der Waals surface area contributed by atoms with E-state index in [1.54, 1.807) is 0 Å². The van der Waals surface area contributed by atoms with Gasteiger partial charge in [0.05, 0.1) is 0 Å². The highest BCUT2D eigenvalue weighted by Gasteiger charge is 2.16. The molecule has 0 bridgehead atoms. The van der Waals surface area contributed by atoms with Gasteiger partial charge in [0.2, 0.25) is 11.8 Å². The average Bonchev–Trinajstić information content (AvgIpc) is 2.81. The van der Waals surface area contributed by atoms with Gasteiger partial charge in [-0.05, 0) is 25.7 Å². The van der Waals surface area contributed by atoms with Crippen LogP contribution in [-0.2, 0) is 9.59 Å². The van der Waals surface area contributed by atoms with Crippen molar-refractivity contribution in [2.24, 2.45) is 11.5 Å². The first-order valence-corrected chi connectivity index (χ1v) is 14.9. The Bertz CT molecular complexity index is 482. The first kappa shape index (κ1) is 32.7. The number of unbranched alkanes of at least 4 members (excludes halogenated alkanes) is 20. The summed E-state index contributed by atoms with van der Waals surface area (Å²) in [5.74, 6) is -0.937. The zero-order chi connectivity index (χ0) is 25.3. The molecule has 0 aromatic heterocycles. The van der Waals surface area contributed by atoms with Crippen LogP contribution in [-0.4, -0.2) is 11.8 Å². The lowest BCUT2D eigenvalue weighted by molar-refractivity contribution is -0.117. The maximum Gasteiger partial charge on any atom is 0.245 e. The molecule has 2 amide bonds. The lowest BCUT2D eigenvalue weighted by Gasteiger charge is -2.11. The monoisotopic (exact) mass is 478 g/mol. The summed E-state index contributed by atoms with van der Waals surface area (Å²) in [6.07, 6.45) is 28.8. The molecule has 0 atom stereocenters. The summed E-state index contributed by atoms with van der Waals surface area (Å²) in [6, 6.07) is 0. The van der Waals surface area contributed by atoms with Gasteiger partial charge in [-0.2, -0.15) is 0 Å². The molecule has 0 radical (unpaired) electrons. The van der Waals surface area contributed by atoms with Crippen molar-refractivity contribution in [1.82, 2.24) is 0 Å². The van der Waals surface area contributed by atoms with E-state index in [9.17, 15) is 9.59 Å². The summed E-state index contributed by atoms with van der Waals surface area (Å²) < 4.78 is 0. The van der Waals surface area contributed by atoms with Crippen molar-refractivity contribution in [3.63, 3.8) is 0 Å². The Labute approximate surface area is 212 Å². The van der Waals surface area contributed by atoms with Crippen LogP contribution in [0.5, 0.6) is 0 Å². The highest BCUT2D eigenvalue weighted by Crippen LogP contribution is 2.21. The van der Waals surface area contributed by atoms with Gasteiger partial charge in [0.25, 0.3) is 0 Å². The molecule has 0 saturated heterocycles. The molecule has 200 valence electrons. The Balaban J connectivity index is 4.05. The fourth-order valence-corrected chi connectivity index (χ4v) is 4.78. The summed E-state index contributed by atoms with van der Waals surface area (Å²) in [7, 11) is 0. The maximum absolute atomic E-state index is 12.0. The van der Waals surface area contributed by atoms with Crippen molar-refractivity contribution in [3.8, 4) is 0 Å². The van der Waals surface area contributed by atoms with E-state index in [2.05, 4.69) is 13.8 Å². The second-order valence-electron chi connectivity index (χ2n) is 10.3. The third-order valence-electron chi connectivity index (χ3n) is 7.02. The van der Waals surface area contributed by atoms with Crippen molar-refractivity contribution in [3.05, 3.63) is 11.1 Å². The summed E-state index contributed by atoms with van der Waals surface area (Å²) in [5.41, 5.74) is 12.2. The zero-order valence-corrected chi connectivity index (χ0v) is 22.9. The Morgan fingerprint density at radius 3 is 0.794 bits per heavy atom. The van der Waals surface area contributed by atoms with Gasteiger partial charge in [0, 0.05) is 11.1 Å². The van der Waals surface area contributed by atoms with E-state index in [4.69, 9.17) is 11.5 Å². The molecule has 0 aliphatic rings. The topological polar surface area (TPSA) is 86.2 Å². The van der Waals surface area contributed by atoms with Gasteiger partial charge in [0.1, 0.15) is 0 Å². The molecule has 34 heavy (non-hydrogen) atoms. The van der Waals surface area contributed by atoms with E-state index in [-0.39, 0.29) is 0 Å². The molecule has 0 saturated carbocycles. The number of hydrogen-bond donors (Lipinski definition) is 2. The first-order valence-electron chi connectivity index (χ1n) is 14.9. The fourth-order valence-electron chi connectivity index (χ4n) is 4.78. The van der Waals surface area contributed by atoms with E-state index in [0.717, 1.165) is 25.7 Å². The molecule has 0 spiro atoms. The van der Waals surface area contributed by atoms with Crippen molar-refractivity contribution in [2.75, 3.05) is 0 Å². The van der Waals surface area contributed by atoms with E-state index in [1.165, 1.54) is 116 Å². The van der Waals surface area contributed by atoms with E-state index < -0.39 is 11.8 Å². The van der Waals surface area contributed by atoms with E-state index in [0.29, 0.717) is 24.0 Å². The molecule has 4 nitrogen and oxygen atoms in total.